The van der Waals surface area contributed by atoms with Crippen LogP contribution in [0.2, 0.25) is 0 Å². The smallest absolute Gasteiger partial charge is 0.234 e. The summed E-state index contributed by atoms with van der Waals surface area (Å²) in [5.74, 6) is 0.871. The molecule has 3 aromatic heterocycles. The second kappa shape index (κ2) is 6.90. The molecule has 0 saturated carbocycles. The Labute approximate surface area is 152 Å². The molecule has 0 aromatic carbocycles. The third kappa shape index (κ3) is 3.21. The van der Waals surface area contributed by atoms with E-state index in [1.54, 1.807) is 6.20 Å². The normalized spacial score (nSPS) is 17.8. The van der Waals surface area contributed by atoms with Crippen LogP contribution in [0.25, 0.3) is 5.78 Å². The fourth-order valence-corrected chi connectivity index (χ4v) is 3.73. The third-order valence-corrected chi connectivity index (χ3v) is 5.08. The van der Waals surface area contributed by atoms with E-state index in [1.807, 2.05) is 39.4 Å². The molecule has 1 atom stereocenters. The molecule has 0 bridgehead atoms. The average molecular weight is 352 g/mol. The summed E-state index contributed by atoms with van der Waals surface area (Å²) in [4.78, 5) is 23.9. The Morgan fingerprint density at radius 3 is 2.96 bits per heavy atom. The Morgan fingerprint density at radius 2 is 2.15 bits per heavy atom. The Hall–Kier alpha value is -2.70. The zero-order chi connectivity index (χ0) is 18.1. The molecule has 4 heterocycles. The van der Waals surface area contributed by atoms with E-state index in [-0.39, 0.29) is 11.9 Å². The van der Waals surface area contributed by atoms with E-state index in [1.165, 1.54) is 0 Å². The van der Waals surface area contributed by atoms with Crippen molar-refractivity contribution in [3.63, 3.8) is 0 Å². The molecule has 4 rings (SSSR count). The van der Waals surface area contributed by atoms with E-state index in [0.717, 1.165) is 42.9 Å². The van der Waals surface area contributed by atoms with Gasteiger partial charge in [-0.05, 0) is 45.2 Å². The van der Waals surface area contributed by atoms with Gasteiger partial charge >= 0.3 is 0 Å². The first-order chi connectivity index (χ1) is 12.6. The summed E-state index contributed by atoms with van der Waals surface area (Å²) in [6.07, 6.45) is 9.18. The van der Waals surface area contributed by atoms with Gasteiger partial charge in [0.1, 0.15) is 0 Å². The van der Waals surface area contributed by atoms with Gasteiger partial charge in [0.25, 0.3) is 0 Å². The number of carbonyl (C=O) groups is 1. The summed E-state index contributed by atoms with van der Waals surface area (Å²) in [5.41, 5.74) is 3.01. The van der Waals surface area contributed by atoms with Gasteiger partial charge in [-0.1, -0.05) is 0 Å². The first-order valence-corrected chi connectivity index (χ1v) is 9.22. The number of fused-ring (bicyclic) bond motifs is 1. The van der Waals surface area contributed by atoms with Crippen LogP contribution in [0.4, 0.5) is 0 Å². The number of piperidine rings is 1. The van der Waals surface area contributed by atoms with Gasteiger partial charge in [-0.3, -0.25) is 13.9 Å². The van der Waals surface area contributed by atoms with Crippen molar-refractivity contribution in [3.8, 4) is 0 Å². The molecule has 3 aromatic rings. The SMILES string of the molecule is Cc1ccn(CCC(=O)N2CCCCC2c2cc(C)n3ccnc3n2)n1. The van der Waals surface area contributed by atoms with Crippen molar-refractivity contribution in [1.29, 1.82) is 0 Å². The molecular weight excluding hydrogens is 328 g/mol. The first kappa shape index (κ1) is 16.8. The number of hydrogen-bond donors (Lipinski definition) is 0. The first-order valence-electron chi connectivity index (χ1n) is 9.22. The predicted octanol–water partition coefficient (Wildman–Crippen LogP) is 2.69. The lowest BCUT2D eigenvalue weighted by molar-refractivity contribution is -0.135. The van der Waals surface area contributed by atoms with Crippen LogP contribution in [0.1, 0.15) is 48.8 Å². The highest BCUT2D eigenvalue weighted by atomic mass is 16.2. The van der Waals surface area contributed by atoms with E-state index in [4.69, 9.17) is 4.98 Å². The number of hydrogen-bond acceptors (Lipinski definition) is 4. The van der Waals surface area contributed by atoms with Gasteiger partial charge in [0, 0.05) is 43.8 Å². The van der Waals surface area contributed by atoms with Gasteiger partial charge in [-0.15, -0.1) is 0 Å². The fourth-order valence-electron chi connectivity index (χ4n) is 3.73. The van der Waals surface area contributed by atoms with Crippen molar-refractivity contribution >= 4 is 11.7 Å². The largest absolute Gasteiger partial charge is 0.334 e. The van der Waals surface area contributed by atoms with E-state index in [9.17, 15) is 4.79 Å². The summed E-state index contributed by atoms with van der Waals surface area (Å²) in [6, 6.07) is 4.08. The Morgan fingerprint density at radius 1 is 1.27 bits per heavy atom. The number of nitrogens with zero attached hydrogens (tertiary/aromatic N) is 6. The van der Waals surface area contributed by atoms with Crippen LogP contribution in [0, 0.1) is 13.8 Å². The number of rotatable bonds is 4. The van der Waals surface area contributed by atoms with E-state index in [0.29, 0.717) is 18.7 Å². The van der Waals surface area contributed by atoms with Gasteiger partial charge in [-0.2, -0.15) is 5.10 Å². The van der Waals surface area contributed by atoms with Crippen molar-refractivity contribution in [2.45, 2.75) is 52.1 Å². The highest BCUT2D eigenvalue weighted by molar-refractivity contribution is 5.76. The number of amides is 1. The molecule has 136 valence electrons. The van der Waals surface area contributed by atoms with Gasteiger partial charge in [0.05, 0.1) is 17.4 Å². The lowest BCUT2D eigenvalue weighted by atomic mass is 9.98. The molecule has 1 aliphatic heterocycles. The average Bonchev–Trinajstić information content (AvgIpc) is 3.28. The summed E-state index contributed by atoms with van der Waals surface area (Å²) in [7, 11) is 0. The maximum atomic E-state index is 12.9. The lowest BCUT2D eigenvalue weighted by Gasteiger charge is -2.35. The molecule has 0 radical (unpaired) electrons. The van der Waals surface area contributed by atoms with E-state index in [2.05, 4.69) is 23.1 Å². The molecule has 7 nitrogen and oxygen atoms in total. The molecule has 1 unspecified atom stereocenters. The quantitative estimate of drug-likeness (QED) is 0.724. The number of imidazole rings is 1. The van der Waals surface area contributed by atoms with Crippen LogP contribution in [0.15, 0.2) is 30.7 Å². The van der Waals surface area contributed by atoms with Crippen LogP contribution in [-0.2, 0) is 11.3 Å². The zero-order valence-electron chi connectivity index (χ0n) is 15.3. The number of aromatic nitrogens is 5. The zero-order valence-corrected chi connectivity index (χ0v) is 15.3. The number of aryl methyl sites for hydroxylation is 3. The Kier molecular flexibility index (Phi) is 4.44. The van der Waals surface area contributed by atoms with Crippen molar-refractivity contribution in [3.05, 3.63) is 47.8 Å². The predicted molar refractivity (Wildman–Crippen MR) is 97.6 cm³/mol. The molecule has 1 saturated heterocycles. The minimum absolute atomic E-state index is 0.0380. The molecule has 7 heteroatoms. The second-order valence-electron chi connectivity index (χ2n) is 6.99. The Balaban J connectivity index is 1.54. The topological polar surface area (TPSA) is 68.3 Å². The second-order valence-corrected chi connectivity index (χ2v) is 6.99. The van der Waals surface area contributed by atoms with E-state index < -0.39 is 0 Å². The van der Waals surface area contributed by atoms with Gasteiger partial charge in [0.15, 0.2) is 0 Å². The molecule has 0 spiro atoms. The highest BCUT2D eigenvalue weighted by Gasteiger charge is 2.29. The maximum Gasteiger partial charge on any atom is 0.234 e. The minimum Gasteiger partial charge on any atom is -0.334 e. The van der Waals surface area contributed by atoms with Gasteiger partial charge < -0.3 is 4.90 Å². The molecule has 26 heavy (non-hydrogen) atoms. The molecule has 0 N–H and O–H groups in total. The molecule has 0 aliphatic carbocycles. The minimum atomic E-state index is 0.0380. The van der Waals surface area contributed by atoms with Crippen LogP contribution >= 0.6 is 0 Å². The van der Waals surface area contributed by atoms with Crippen molar-refractivity contribution in [2.75, 3.05) is 6.54 Å². The summed E-state index contributed by atoms with van der Waals surface area (Å²) < 4.78 is 3.81. The fraction of sp³-hybridized carbons (Fsp3) is 0.474. The van der Waals surface area contributed by atoms with Crippen LogP contribution in [-0.4, -0.2) is 41.5 Å². The van der Waals surface area contributed by atoms with Gasteiger partial charge in [-0.25, -0.2) is 9.97 Å². The highest BCUT2D eigenvalue weighted by Crippen LogP contribution is 2.31. The van der Waals surface area contributed by atoms with Crippen molar-refractivity contribution < 1.29 is 4.79 Å². The summed E-state index contributed by atoms with van der Waals surface area (Å²) >= 11 is 0. The van der Waals surface area contributed by atoms with Crippen molar-refractivity contribution in [2.24, 2.45) is 0 Å². The van der Waals surface area contributed by atoms with Crippen LogP contribution in [0.3, 0.4) is 0 Å². The molecular formula is C19H24N6O. The third-order valence-electron chi connectivity index (χ3n) is 5.08. The standard InChI is InChI=1S/C19H24N6O/c1-14-6-10-23(22-14)11-7-18(26)25-9-4-3-5-17(25)16-13-15(2)24-12-8-20-19(24)21-16/h6,8,10,12-13,17H,3-5,7,9,11H2,1-2H3. The molecule has 1 fully saturated rings. The summed E-state index contributed by atoms with van der Waals surface area (Å²) in [6.45, 7) is 5.41. The van der Waals surface area contributed by atoms with Crippen LogP contribution < -0.4 is 0 Å². The Bertz CT molecular complexity index is 927. The van der Waals surface area contributed by atoms with Crippen LogP contribution in [0.5, 0.6) is 0 Å². The number of likely N-dealkylation sites (tertiary alicyclic amines) is 1. The molecule has 1 aliphatic rings. The summed E-state index contributed by atoms with van der Waals surface area (Å²) in [5, 5.41) is 4.37. The number of carbonyl (C=O) groups excluding carboxylic acids is 1. The maximum absolute atomic E-state index is 12.9. The van der Waals surface area contributed by atoms with E-state index >= 15 is 0 Å². The van der Waals surface area contributed by atoms with Gasteiger partial charge in [0.2, 0.25) is 11.7 Å². The van der Waals surface area contributed by atoms with Crippen molar-refractivity contribution in [1.82, 2.24) is 29.0 Å². The monoisotopic (exact) mass is 352 g/mol. The lowest BCUT2D eigenvalue weighted by Crippen LogP contribution is -2.39. The molecule has 1 amide bonds.